The van der Waals surface area contributed by atoms with Gasteiger partial charge >= 0.3 is 0 Å². The second-order valence-corrected chi connectivity index (χ2v) is 6.71. The Balaban J connectivity index is 2.16. The predicted octanol–water partition coefficient (Wildman–Crippen LogP) is 2.74. The SMILES string of the molecule is CCC1(C)CN(Cc2cccc(C)n2)C(C)(C)CN1. The zero-order chi connectivity index (χ0) is 14.1. The van der Waals surface area contributed by atoms with Crippen molar-refractivity contribution in [1.82, 2.24) is 15.2 Å². The highest BCUT2D eigenvalue weighted by atomic mass is 15.3. The predicted molar refractivity (Wildman–Crippen MR) is 80.2 cm³/mol. The van der Waals surface area contributed by atoms with Gasteiger partial charge in [0.1, 0.15) is 0 Å². The molecular weight excluding hydrogens is 234 g/mol. The number of pyridine rings is 1. The van der Waals surface area contributed by atoms with Gasteiger partial charge in [0.05, 0.1) is 5.69 Å². The number of piperazine rings is 1. The van der Waals surface area contributed by atoms with Gasteiger partial charge in [0.15, 0.2) is 0 Å². The Bertz CT molecular complexity index is 441. The van der Waals surface area contributed by atoms with Gasteiger partial charge in [-0.25, -0.2) is 0 Å². The van der Waals surface area contributed by atoms with E-state index in [2.05, 4.69) is 68.0 Å². The van der Waals surface area contributed by atoms with Gasteiger partial charge in [-0.1, -0.05) is 13.0 Å². The molecule has 19 heavy (non-hydrogen) atoms. The van der Waals surface area contributed by atoms with Gasteiger partial charge in [0, 0.05) is 36.4 Å². The summed E-state index contributed by atoms with van der Waals surface area (Å²) in [5.41, 5.74) is 2.68. The molecule has 0 radical (unpaired) electrons. The summed E-state index contributed by atoms with van der Waals surface area (Å²) in [7, 11) is 0. The van der Waals surface area contributed by atoms with Crippen molar-refractivity contribution in [2.24, 2.45) is 0 Å². The van der Waals surface area contributed by atoms with Crippen LogP contribution in [0.4, 0.5) is 0 Å². The molecule has 1 aromatic rings. The number of aromatic nitrogens is 1. The molecule has 2 heterocycles. The molecule has 3 nitrogen and oxygen atoms in total. The van der Waals surface area contributed by atoms with Crippen molar-refractivity contribution in [3.05, 3.63) is 29.6 Å². The Labute approximate surface area is 117 Å². The van der Waals surface area contributed by atoms with Crippen molar-refractivity contribution < 1.29 is 0 Å². The van der Waals surface area contributed by atoms with Crippen molar-refractivity contribution in [3.63, 3.8) is 0 Å². The quantitative estimate of drug-likeness (QED) is 0.907. The molecule has 1 aliphatic rings. The summed E-state index contributed by atoms with van der Waals surface area (Å²) >= 11 is 0. The van der Waals surface area contributed by atoms with Gasteiger partial charge in [0.25, 0.3) is 0 Å². The first-order valence-electron chi connectivity index (χ1n) is 7.27. The van der Waals surface area contributed by atoms with Crippen molar-refractivity contribution in [1.29, 1.82) is 0 Å². The largest absolute Gasteiger partial charge is 0.308 e. The number of hydrogen-bond donors (Lipinski definition) is 1. The molecule has 0 bridgehead atoms. The first kappa shape index (κ1) is 14.5. The highest BCUT2D eigenvalue weighted by molar-refractivity contribution is 5.11. The minimum Gasteiger partial charge on any atom is -0.308 e. The van der Waals surface area contributed by atoms with E-state index in [1.807, 2.05) is 0 Å². The van der Waals surface area contributed by atoms with Crippen LogP contribution in [0.15, 0.2) is 18.2 Å². The lowest BCUT2D eigenvalue weighted by Crippen LogP contribution is -2.66. The Hall–Kier alpha value is -0.930. The standard InChI is InChI=1S/C16H27N3/c1-6-16(5)12-19(15(3,4)11-17-16)10-14-9-7-8-13(2)18-14/h7-9,17H,6,10-12H2,1-5H3. The number of aryl methyl sites for hydroxylation is 1. The molecule has 0 amide bonds. The lowest BCUT2D eigenvalue weighted by atomic mass is 9.88. The molecule has 106 valence electrons. The first-order chi connectivity index (χ1) is 8.85. The summed E-state index contributed by atoms with van der Waals surface area (Å²) in [6.45, 7) is 14.3. The van der Waals surface area contributed by atoms with Crippen LogP contribution in [-0.4, -0.2) is 34.1 Å². The normalized spacial score (nSPS) is 27.4. The fraction of sp³-hybridized carbons (Fsp3) is 0.688. The minimum atomic E-state index is 0.181. The molecule has 3 heteroatoms. The van der Waals surface area contributed by atoms with Crippen LogP contribution in [0.1, 0.15) is 45.5 Å². The van der Waals surface area contributed by atoms with E-state index in [4.69, 9.17) is 0 Å². The molecule has 1 aliphatic heterocycles. The average molecular weight is 261 g/mol. The Kier molecular flexibility index (Phi) is 3.98. The van der Waals surface area contributed by atoms with Crippen LogP contribution >= 0.6 is 0 Å². The molecule has 2 rings (SSSR count). The fourth-order valence-corrected chi connectivity index (χ4v) is 2.62. The van der Waals surface area contributed by atoms with Crippen LogP contribution in [0.5, 0.6) is 0 Å². The van der Waals surface area contributed by atoms with Gasteiger partial charge in [-0.05, 0) is 46.2 Å². The first-order valence-corrected chi connectivity index (χ1v) is 7.27. The molecule has 0 aromatic carbocycles. The van der Waals surface area contributed by atoms with E-state index in [0.29, 0.717) is 0 Å². The summed E-state index contributed by atoms with van der Waals surface area (Å²) in [4.78, 5) is 7.21. The van der Waals surface area contributed by atoms with Crippen molar-refractivity contribution in [3.8, 4) is 0 Å². The molecular formula is C16H27N3. The molecule has 1 saturated heterocycles. The maximum Gasteiger partial charge on any atom is 0.0547 e. The Morgan fingerprint density at radius 1 is 1.32 bits per heavy atom. The summed E-state index contributed by atoms with van der Waals surface area (Å²) in [5.74, 6) is 0. The highest BCUT2D eigenvalue weighted by Gasteiger charge is 2.39. The summed E-state index contributed by atoms with van der Waals surface area (Å²) in [5, 5.41) is 3.70. The van der Waals surface area contributed by atoms with Crippen LogP contribution in [0, 0.1) is 6.92 Å². The van der Waals surface area contributed by atoms with Crippen LogP contribution in [0.25, 0.3) is 0 Å². The van der Waals surface area contributed by atoms with Crippen LogP contribution < -0.4 is 5.32 Å². The molecule has 1 N–H and O–H groups in total. The zero-order valence-corrected chi connectivity index (χ0v) is 13.0. The van der Waals surface area contributed by atoms with E-state index in [1.54, 1.807) is 0 Å². The number of nitrogens with zero attached hydrogens (tertiary/aromatic N) is 2. The molecule has 0 saturated carbocycles. The maximum atomic E-state index is 4.64. The lowest BCUT2D eigenvalue weighted by Gasteiger charge is -2.50. The molecule has 0 spiro atoms. The van der Waals surface area contributed by atoms with E-state index in [1.165, 1.54) is 5.69 Å². The summed E-state index contributed by atoms with van der Waals surface area (Å²) in [6, 6.07) is 6.29. The van der Waals surface area contributed by atoms with Gasteiger partial charge in [-0.15, -0.1) is 0 Å². The Morgan fingerprint density at radius 3 is 2.68 bits per heavy atom. The fourth-order valence-electron chi connectivity index (χ4n) is 2.62. The van der Waals surface area contributed by atoms with Crippen molar-refractivity contribution >= 4 is 0 Å². The molecule has 1 unspecified atom stereocenters. The van der Waals surface area contributed by atoms with E-state index >= 15 is 0 Å². The minimum absolute atomic E-state index is 0.181. The van der Waals surface area contributed by atoms with Crippen molar-refractivity contribution in [2.75, 3.05) is 13.1 Å². The second-order valence-electron chi connectivity index (χ2n) is 6.71. The van der Waals surface area contributed by atoms with Gasteiger partial charge < -0.3 is 5.32 Å². The van der Waals surface area contributed by atoms with Crippen LogP contribution in [-0.2, 0) is 6.54 Å². The average Bonchev–Trinajstić information content (AvgIpc) is 2.35. The summed E-state index contributed by atoms with van der Waals surface area (Å²) in [6.07, 6.45) is 1.15. The Morgan fingerprint density at radius 2 is 2.05 bits per heavy atom. The van der Waals surface area contributed by atoms with E-state index in [9.17, 15) is 0 Å². The summed E-state index contributed by atoms with van der Waals surface area (Å²) < 4.78 is 0. The van der Waals surface area contributed by atoms with E-state index < -0.39 is 0 Å². The molecule has 1 atom stereocenters. The van der Waals surface area contributed by atoms with Crippen LogP contribution in [0.3, 0.4) is 0 Å². The lowest BCUT2D eigenvalue weighted by molar-refractivity contribution is 0.0236. The van der Waals surface area contributed by atoms with Gasteiger partial charge in [-0.2, -0.15) is 0 Å². The van der Waals surface area contributed by atoms with Gasteiger partial charge in [0.2, 0.25) is 0 Å². The zero-order valence-electron chi connectivity index (χ0n) is 13.0. The highest BCUT2D eigenvalue weighted by Crippen LogP contribution is 2.26. The molecule has 1 fully saturated rings. The van der Waals surface area contributed by atoms with Crippen LogP contribution in [0.2, 0.25) is 0 Å². The monoisotopic (exact) mass is 261 g/mol. The smallest absolute Gasteiger partial charge is 0.0547 e. The van der Waals surface area contributed by atoms with E-state index in [0.717, 1.165) is 31.7 Å². The second kappa shape index (κ2) is 5.22. The number of hydrogen-bond acceptors (Lipinski definition) is 3. The molecule has 0 aliphatic carbocycles. The van der Waals surface area contributed by atoms with E-state index in [-0.39, 0.29) is 11.1 Å². The van der Waals surface area contributed by atoms with Crippen molar-refractivity contribution in [2.45, 2.75) is 58.7 Å². The number of rotatable bonds is 3. The third-order valence-corrected chi connectivity index (χ3v) is 4.42. The molecule has 1 aromatic heterocycles. The maximum absolute atomic E-state index is 4.64. The topological polar surface area (TPSA) is 28.2 Å². The number of nitrogens with one attached hydrogen (secondary N) is 1. The van der Waals surface area contributed by atoms with Gasteiger partial charge in [-0.3, -0.25) is 9.88 Å². The third-order valence-electron chi connectivity index (χ3n) is 4.42. The third kappa shape index (κ3) is 3.34.